The normalized spacial score (nSPS) is 17.0. The van der Waals surface area contributed by atoms with Crippen LogP contribution >= 0.6 is 0 Å². The van der Waals surface area contributed by atoms with Crippen molar-refractivity contribution in [2.24, 2.45) is 0 Å². The number of benzene rings is 1. The molecule has 0 radical (unpaired) electrons. The van der Waals surface area contributed by atoms with Crippen molar-refractivity contribution >= 4 is 17.5 Å². The van der Waals surface area contributed by atoms with E-state index in [2.05, 4.69) is 10.3 Å². The molecule has 6 nitrogen and oxygen atoms in total. The predicted octanol–water partition coefficient (Wildman–Crippen LogP) is 2.22. The summed E-state index contributed by atoms with van der Waals surface area (Å²) in [7, 11) is 1.53. The number of likely N-dealkylation sites (tertiary alicyclic amines) is 1. The minimum absolute atomic E-state index is 0.00635. The van der Waals surface area contributed by atoms with Crippen molar-refractivity contribution in [1.82, 2.24) is 9.88 Å². The molecule has 124 valence electrons. The number of hydrogen-bond donors (Lipinski definition) is 1. The van der Waals surface area contributed by atoms with Crippen molar-refractivity contribution in [3.63, 3.8) is 0 Å². The minimum atomic E-state index is -0.459. The highest BCUT2D eigenvalue weighted by Crippen LogP contribution is 2.23. The monoisotopic (exact) mass is 325 g/mol. The number of rotatable bonds is 5. The number of nitrogens with zero attached hydrogens (tertiary/aromatic N) is 2. The highest BCUT2D eigenvalue weighted by molar-refractivity contribution is 5.98. The average molecular weight is 325 g/mol. The summed E-state index contributed by atoms with van der Waals surface area (Å²) in [6.45, 7) is 0.443. The lowest BCUT2D eigenvalue weighted by atomic mass is 10.1. The van der Waals surface area contributed by atoms with E-state index in [1.165, 1.54) is 13.3 Å². The number of pyridine rings is 1. The molecule has 3 rings (SSSR count). The fourth-order valence-electron chi connectivity index (χ4n) is 2.79. The van der Waals surface area contributed by atoms with E-state index >= 15 is 0 Å². The van der Waals surface area contributed by atoms with Gasteiger partial charge in [0.1, 0.15) is 6.04 Å². The quantitative estimate of drug-likeness (QED) is 0.915. The van der Waals surface area contributed by atoms with Gasteiger partial charge in [-0.1, -0.05) is 30.3 Å². The zero-order valence-electron chi connectivity index (χ0n) is 13.4. The van der Waals surface area contributed by atoms with Crippen molar-refractivity contribution in [3.05, 3.63) is 54.2 Å². The second-order valence-corrected chi connectivity index (χ2v) is 5.64. The molecule has 1 atom stereocenters. The van der Waals surface area contributed by atoms with Gasteiger partial charge >= 0.3 is 0 Å². The Morgan fingerprint density at radius 1 is 1.29 bits per heavy atom. The number of ether oxygens (including phenoxy) is 1. The predicted molar refractivity (Wildman–Crippen MR) is 89.4 cm³/mol. The number of nitrogens with one attached hydrogen (secondary N) is 1. The van der Waals surface area contributed by atoms with Gasteiger partial charge in [0.05, 0.1) is 19.0 Å². The number of methoxy groups -OCH3 is 1. The molecule has 2 amide bonds. The van der Waals surface area contributed by atoms with Gasteiger partial charge in [-0.3, -0.25) is 9.59 Å². The molecule has 1 aromatic heterocycles. The van der Waals surface area contributed by atoms with Gasteiger partial charge in [0, 0.05) is 19.0 Å². The number of amides is 2. The van der Waals surface area contributed by atoms with Gasteiger partial charge in [0.2, 0.25) is 17.7 Å². The lowest BCUT2D eigenvalue weighted by Crippen LogP contribution is -2.41. The molecule has 0 spiro atoms. The minimum Gasteiger partial charge on any atom is -0.481 e. The molecule has 1 saturated heterocycles. The molecule has 1 aromatic carbocycles. The molecule has 2 aromatic rings. The van der Waals surface area contributed by atoms with E-state index in [1.807, 2.05) is 30.3 Å². The molecular weight excluding hydrogens is 306 g/mol. The Morgan fingerprint density at radius 3 is 2.75 bits per heavy atom. The Balaban J connectivity index is 1.69. The third-order valence-electron chi connectivity index (χ3n) is 4.04. The standard InChI is InChI=1S/C18H19N3O3/c1-24-16-9-7-14(11-19-16)20-18(23)15-8-10-17(22)21(15)12-13-5-3-2-4-6-13/h2-7,9,11,15H,8,10,12H2,1H3,(H,20,23). The summed E-state index contributed by atoms with van der Waals surface area (Å²) in [5, 5.41) is 2.82. The summed E-state index contributed by atoms with van der Waals surface area (Å²) < 4.78 is 4.99. The molecular formula is C18H19N3O3. The van der Waals surface area contributed by atoms with Crippen LogP contribution in [-0.2, 0) is 16.1 Å². The van der Waals surface area contributed by atoms with Crippen LogP contribution in [-0.4, -0.2) is 34.8 Å². The van der Waals surface area contributed by atoms with Crippen LogP contribution in [0.5, 0.6) is 5.88 Å². The molecule has 1 fully saturated rings. The molecule has 1 unspecified atom stereocenters. The van der Waals surface area contributed by atoms with Crippen LogP contribution in [0.2, 0.25) is 0 Å². The first-order chi connectivity index (χ1) is 11.7. The summed E-state index contributed by atoms with van der Waals surface area (Å²) in [4.78, 5) is 30.4. The average Bonchev–Trinajstić information content (AvgIpc) is 2.97. The van der Waals surface area contributed by atoms with E-state index in [0.717, 1.165) is 5.56 Å². The second-order valence-electron chi connectivity index (χ2n) is 5.64. The van der Waals surface area contributed by atoms with E-state index < -0.39 is 6.04 Å². The van der Waals surface area contributed by atoms with E-state index in [0.29, 0.717) is 31.0 Å². The smallest absolute Gasteiger partial charge is 0.247 e. The van der Waals surface area contributed by atoms with Gasteiger partial charge in [-0.25, -0.2) is 4.98 Å². The molecule has 1 aliphatic rings. The number of aromatic nitrogens is 1. The van der Waals surface area contributed by atoms with Crippen LogP contribution in [0.1, 0.15) is 18.4 Å². The van der Waals surface area contributed by atoms with Crippen LogP contribution in [0.15, 0.2) is 48.7 Å². The van der Waals surface area contributed by atoms with Crippen molar-refractivity contribution < 1.29 is 14.3 Å². The lowest BCUT2D eigenvalue weighted by molar-refractivity contribution is -0.133. The Morgan fingerprint density at radius 2 is 2.08 bits per heavy atom. The van der Waals surface area contributed by atoms with Gasteiger partial charge in [-0.2, -0.15) is 0 Å². The first kappa shape index (κ1) is 16.0. The molecule has 0 saturated carbocycles. The maximum absolute atomic E-state index is 12.6. The Kier molecular flexibility index (Phi) is 4.74. The summed E-state index contributed by atoms with van der Waals surface area (Å²) >= 11 is 0. The van der Waals surface area contributed by atoms with E-state index in [9.17, 15) is 9.59 Å². The molecule has 2 heterocycles. The van der Waals surface area contributed by atoms with E-state index in [-0.39, 0.29) is 11.8 Å². The Hall–Kier alpha value is -2.89. The highest BCUT2D eigenvalue weighted by atomic mass is 16.5. The van der Waals surface area contributed by atoms with Gasteiger partial charge < -0.3 is 15.0 Å². The number of carbonyl (C=O) groups is 2. The molecule has 6 heteroatoms. The van der Waals surface area contributed by atoms with Crippen molar-refractivity contribution in [1.29, 1.82) is 0 Å². The summed E-state index contributed by atoms with van der Waals surface area (Å²) in [5.41, 5.74) is 1.59. The van der Waals surface area contributed by atoms with Crippen LogP contribution < -0.4 is 10.1 Å². The number of anilines is 1. The third-order valence-corrected chi connectivity index (χ3v) is 4.04. The van der Waals surface area contributed by atoms with Gasteiger partial charge in [0.15, 0.2) is 0 Å². The van der Waals surface area contributed by atoms with Crippen LogP contribution in [0.4, 0.5) is 5.69 Å². The maximum atomic E-state index is 12.6. The largest absolute Gasteiger partial charge is 0.481 e. The van der Waals surface area contributed by atoms with Crippen molar-refractivity contribution in [2.75, 3.05) is 12.4 Å². The third kappa shape index (κ3) is 3.53. The van der Waals surface area contributed by atoms with Crippen molar-refractivity contribution in [2.45, 2.75) is 25.4 Å². The Labute approximate surface area is 140 Å². The van der Waals surface area contributed by atoms with E-state index in [4.69, 9.17) is 4.74 Å². The summed E-state index contributed by atoms with van der Waals surface area (Å²) in [6.07, 6.45) is 2.46. The van der Waals surface area contributed by atoms with Gasteiger partial charge in [0.25, 0.3) is 0 Å². The Bertz CT molecular complexity index is 716. The zero-order valence-corrected chi connectivity index (χ0v) is 13.4. The fourth-order valence-corrected chi connectivity index (χ4v) is 2.79. The second kappa shape index (κ2) is 7.12. The van der Waals surface area contributed by atoms with Crippen LogP contribution in [0.3, 0.4) is 0 Å². The maximum Gasteiger partial charge on any atom is 0.247 e. The van der Waals surface area contributed by atoms with Crippen LogP contribution in [0, 0.1) is 0 Å². The molecule has 24 heavy (non-hydrogen) atoms. The van der Waals surface area contributed by atoms with Gasteiger partial charge in [-0.15, -0.1) is 0 Å². The van der Waals surface area contributed by atoms with Crippen LogP contribution in [0.25, 0.3) is 0 Å². The molecule has 1 aliphatic heterocycles. The lowest BCUT2D eigenvalue weighted by Gasteiger charge is -2.24. The topological polar surface area (TPSA) is 71.5 Å². The summed E-state index contributed by atoms with van der Waals surface area (Å²) in [5.74, 6) is 0.297. The SMILES string of the molecule is COc1ccc(NC(=O)C2CCC(=O)N2Cc2ccccc2)cn1. The molecule has 1 N–H and O–H groups in total. The van der Waals surface area contributed by atoms with Crippen molar-refractivity contribution in [3.8, 4) is 5.88 Å². The number of carbonyl (C=O) groups excluding carboxylic acids is 2. The molecule has 0 bridgehead atoms. The van der Waals surface area contributed by atoms with Gasteiger partial charge in [-0.05, 0) is 18.1 Å². The fraction of sp³-hybridized carbons (Fsp3) is 0.278. The summed E-state index contributed by atoms with van der Waals surface area (Å²) in [6, 6.07) is 12.6. The molecule has 0 aliphatic carbocycles. The highest BCUT2D eigenvalue weighted by Gasteiger charge is 2.35. The van der Waals surface area contributed by atoms with E-state index in [1.54, 1.807) is 17.0 Å². The first-order valence-corrected chi connectivity index (χ1v) is 7.81. The zero-order chi connectivity index (χ0) is 16.9. The number of hydrogen-bond acceptors (Lipinski definition) is 4. The first-order valence-electron chi connectivity index (χ1n) is 7.81.